The summed E-state index contributed by atoms with van der Waals surface area (Å²) in [6.07, 6.45) is 1.02. The Bertz CT molecular complexity index is 430. The van der Waals surface area contributed by atoms with Crippen LogP contribution in [0.3, 0.4) is 0 Å². The molecule has 2 atom stereocenters. The minimum absolute atomic E-state index is 0.107. The fraction of sp³-hybridized carbons (Fsp3) is 0.727. The van der Waals surface area contributed by atoms with Crippen molar-refractivity contribution in [3.05, 3.63) is 5.28 Å². The first-order valence-corrected chi connectivity index (χ1v) is 6.46. The van der Waals surface area contributed by atoms with Gasteiger partial charge in [0, 0.05) is 13.2 Å². The molecule has 2 unspecified atom stereocenters. The predicted octanol–water partition coefficient (Wildman–Crippen LogP) is 1.94. The van der Waals surface area contributed by atoms with Gasteiger partial charge < -0.3 is 15.4 Å². The van der Waals surface area contributed by atoms with Crippen molar-refractivity contribution in [2.24, 2.45) is 0 Å². The van der Waals surface area contributed by atoms with E-state index in [9.17, 15) is 0 Å². The molecule has 2 rings (SSSR count). The van der Waals surface area contributed by atoms with Crippen LogP contribution in [0.25, 0.3) is 0 Å². The van der Waals surface area contributed by atoms with Crippen LogP contribution in [-0.4, -0.2) is 39.7 Å². The van der Waals surface area contributed by atoms with Crippen molar-refractivity contribution >= 4 is 23.5 Å². The van der Waals surface area contributed by atoms with Crippen molar-refractivity contribution in [3.8, 4) is 0 Å². The first-order valence-electron chi connectivity index (χ1n) is 6.09. The number of halogens is 1. The van der Waals surface area contributed by atoms with E-state index in [0.717, 1.165) is 19.6 Å². The maximum atomic E-state index is 5.88. The normalized spacial score (nSPS) is 27.2. The summed E-state index contributed by atoms with van der Waals surface area (Å²) in [6.45, 7) is 7.57. The van der Waals surface area contributed by atoms with E-state index in [-0.39, 0.29) is 16.9 Å². The van der Waals surface area contributed by atoms with Gasteiger partial charge in [0.2, 0.25) is 17.2 Å². The third-order valence-corrected chi connectivity index (χ3v) is 3.40. The second-order valence-electron chi connectivity index (χ2n) is 4.59. The summed E-state index contributed by atoms with van der Waals surface area (Å²) in [7, 11) is 0. The molecular weight excluding hydrogens is 254 g/mol. The van der Waals surface area contributed by atoms with Crippen LogP contribution in [0.4, 0.5) is 11.9 Å². The van der Waals surface area contributed by atoms with E-state index in [2.05, 4.69) is 32.5 Å². The summed E-state index contributed by atoms with van der Waals surface area (Å²) >= 11 is 5.88. The van der Waals surface area contributed by atoms with Crippen molar-refractivity contribution in [3.63, 3.8) is 0 Å². The zero-order valence-electron chi connectivity index (χ0n) is 10.8. The summed E-state index contributed by atoms with van der Waals surface area (Å²) in [4.78, 5) is 12.4. The predicted molar refractivity (Wildman–Crippen MR) is 71.1 cm³/mol. The first kappa shape index (κ1) is 13.3. The quantitative estimate of drug-likeness (QED) is 0.872. The molecule has 1 saturated heterocycles. The molecule has 0 bridgehead atoms. The highest BCUT2D eigenvalue weighted by atomic mass is 35.5. The standard InChI is InChI=1S/C11H18ClN5O/c1-4-13-9-14-8(12)15-10(16-9)17-11(3)5-6-18-7(11)2/h7H,4-6H2,1-3H3,(H2,13,14,15,16,17). The van der Waals surface area contributed by atoms with E-state index in [0.29, 0.717) is 11.9 Å². The molecule has 0 aliphatic carbocycles. The van der Waals surface area contributed by atoms with E-state index < -0.39 is 0 Å². The van der Waals surface area contributed by atoms with Gasteiger partial charge in [0.15, 0.2) is 0 Å². The Morgan fingerprint density at radius 1 is 1.39 bits per heavy atom. The van der Waals surface area contributed by atoms with Crippen LogP contribution >= 0.6 is 11.6 Å². The molecule has 1 aromatic rings. The second kappa shape index (κ2) is 5.24. The van der Waals surface area contributed by atoms with Crippen LogP contribution < -0.4 is 10.6 Å². The van der Waals surface area contributed by atoms with Crippen molar-refractivity contribution in [1.82, 2.24) is 15.0 Å². The lowest BCUT2D eigenvalue weighted by atomic mass is 9.95. The second-order valence-corrected chi connectivity index (χ2v) is 4.93. The van der Waals surface area contributed by atoms with E-state index in [4.69, 9.17) is 16.3 Å². The van der Waals surface area contributed by atoms with Gasteiger partial charge in [-0.2, -0.15) is 15.0 Å². The van der Waals surface area contributed by atoms with Gasteiger partial charge in [-0.3, -0.25) is 0 Å². The Morgan fingerprint density at radius 3 is 2.72 bits per heavy atom. The van der Waals surface area contributed by atoms with Crippen LogP contribution in [0.5, 0.6) is 0 Å². The molecule has 1 aliphatic rings. The number of ether oxygens (including phenoxy) is 1. The van der Waals surface area contributed by atoms with Gasteiger partial charge in [-0.15, -0.1) is 0 Å². The van der Waals surface area contributed by atoms with Gasteiger partial charge in [-0.1, -0.05) is 0 Å². The number of rotatable bonds is 4. The summed E-state index contributed by atoms with van der Waals surface area (Å²) in [5.74, 6) is 0.959. The molecule has 1 aromatic heterocycles. The SMILES string of the molecule is CCNc1nc(Cl)nc(NC2(C)CCOC2C)n1. The fourth-order valence-corrected chi connectivity index (χ4v) is 2.06. The van der Waals surface area contributed by atoms with E-state index in [1.807, 2.05) is 13.8 Å². The lowest BCUT2D eigenvalue weighted by Gasteiger charge is -2.28. The zero-order valence-corrected chi connectivity index (χ0v) is 11.6. The number of hydrogen-bond acceptors (Lipinski definition) is 6. The Balaban J connectivity index is 2.18. The molecule has 1 aliphatic heterocycles. The summed E-state index contributed by atoms with van der Waals surface area (Å²) in [6, 6.07) is 0. The molecule has 0 saturated carbocycles. The largest absolute Gasteiger partial charge is 0.376 e. The molecule has 0 spiro atoms. The molecule has 2 N–H and O–H groups in total. The highest BCUT2D eigenvalue weighted by Gasteiger charge is 2.37. The molecule has 7 heteroatoms. The molecule has 6 nitrogen and oxygen atoms in total. The average molecular weight is 272 g/mol. The van der Waals surface area contributed by atoms with Crippen LogP contribution in [-0.2, 0) is 4.74 Å². The lowest BCUT2D eigenvalue weighted by molar-refractivity contribution is 0.105. The maximum Gasteiger partial charge on any atom is 0.229 e. The van der Waals surface area contributed by atoms with Gasteiger partial charge in [-0.05, 0) is 38.8 Å². The highest BCUT2D eigenvalue weighted by molar-refractivity contribution is 6.28. The lowest BCUT2D eigenvalue weighted by Crippen LogP contribution is -2.41. The number of hydrogen-bond donors (Lipinski definition) is 2. The molecule has 0 radical (unpaired) electrons. The Labute approximate surface area is 112 Å². The molecule has 100 valence electrons. The Kier molecular flexibility index (Phi) is 3.87. The third kappa shape index (κ3) is 2.81. The van der Waals surface area contributed by atoms with Crippen molar-refractivity contribution in [1.29, 1.82) is 0 Å². The first-order chi connectivity index (χ1) is 8.53. The van der Waals surface area contributed by atoms with E-state index >= 15 is 0 Å². The molecule has 18 heavy (non-hydrogen) atoms. The van der Waals surface area contributed by atoms with Crippen molar-refractivity contribution in [2.45, 2.75) is 38.8 Å². The average Bonchev–Trinajstić information content (AvgIpc) is 2.58. The van der Waals surface area contributed by atoms with Gasteiger partial charge >= 0.3 is 0 Å². The van der Waals surface area contributed by atoms with Gasteiger partial charge in [-0.25, -0.2) is 0 Å². The fourth-order valence-electron chi connectivity index (χ4n) is 1.90. The third-order valence-electron chi connectivity index (χ3n) is 3.23. The minimum atomic E-state index is -0.172. The number of anilines is 2. The number of aromatic nitrogens is 3. The summed E-state index contributed by atoms with van der Waals surface area (Å²) in [5.41, 5.74) is -0.172. The monoisotopic (exact) mass is 271 g/mol. The number of nitrogens with zero attached hydrogens (tertiary/aromatic N) is 3. The summed E-state index contributed by atoms with van der Waals surface area (Å²) < 4.78 is 5.57. The van der Waals surface area contributed by atoms with E-state index in [1.54, 1.807) is 0 Å². The highest BCUT2D eigenvalue weighted by Crippen LogP contribution is 2.28. The van der Waals surface area contributed by atoms with Gasteiger partial charge in [0.1, 0.15) is 0 Å². The van der Waals surface area contributed by atoms with Crippen molar-refractivity contribution < 1.29 is 4.74 Å². The van der Waals surface area contributed by atoms with E-state index in [1.165, 1.54) is 0 Å². The molecule has 0 aromatic carbocycles. The Morgan fingerprint density at radius 2 is 2.11 bits per heavy atom. The Hall–Kier alpha value is -1.14. The summed E-state index contributed by atoms with van der Waals surface area (Å²) in [5, 5.41) is 6.49. The molecule has 1 fully saturated rings. The van der Waals surface area contributed by atoms with Crippen molar-refractivity contribution in [2.75, 3.05) is 23.8 Å². The minimum Gasteiger partial charge on any atom is -0.376 e. The van der Waals surface area contributed by atoms with Crippen LogP contribution in [0, 0.1) is 0 Å². The number of nitrogens with one attached hydrogen (secondary N) is 2. The topological polar surface area (TPSA) is 72.0 Å². The maximum absolute atomic E-state index is 5.88. The van der Waals surface area contributed by atoms with Gasteiger partial charge in [0.05, 0.1) is 11.6 Å². The molecule has 0 amide bonds. The van der Waals surface area contributed by atoms with Crippen LogP contribution in [0.15, 0.2) is 0 Å². The zero-order chi connectivity index (χ0) is 13.2. The molecular formula is C11H18ClN5O. The smallest absolute Gasteiger partial charge is 0.229 e. The molecule has 2 heterocycles. The van der Waals surface area contributed by atoms with Gasteiger partial charge in [0.25, 0.3) is 0 Å². The van der Waals surface area contributed by atoms with Crippen LogP contribution in [0.1, 0.15) is 27.2 Å². The van der Waals surface area contributed by atoms with Crippen LogP contribution in [0.2, 0.25) is 5.28 Å².